The molecule has 0 spiro atoms. The van der Waals surface area contributed by atoms with Crippen molar-refractivity contribution < 1.29 is 9.85 Å². The molecule has 0 saturated heterocycles. The van der Waals surface area contributed by atoms with Gasteiger partial charge >= 0.3 is 5.69 Å². The number of benzene rings is 3. The number of rotatable bonds is 5. The normalized spacial score (nSPS) is 10.9. The molecule has 11 heteroatoms. The van der Waals surface area contributed by atoms with E-state index in [9.17, 15) is 20.2 Å². The van der Waals surface area contributed by atoms with Gasteiger partial charge in [0.15, 0.2) is 5.52 Å². The predicted octanol–water partition coefficient (Wildman–Crippen LogP) is 6.57. The average Bonchev–Trinajstić information content (AvgIpc) is 2.75. The maximum atomic E-state index is 11.6. The van der Waals surface area contributed by atoms with Crippen molar-refractivity contribution in [3.8, 4) is 11.3 Å². The number of fused-ring (bicyclic) bond motifs is 1. The first-order chi connectivity index (χ1) is 14.8. The van der Waals surface area contributed by atoms with Gasteiger partial charge in [0.2, 0.25) is 0 Å². The molecule has 154 valence electrons. The highest BCUT2D eigenvalue weighted by molar-refractivity contribution is 7.99. The van der Waals surface area contributed by atoms with E-state index in [-0.39, 0.29) is 11.0 Å². The standard InChI is InChI=1S/C20H10Cl2N4O4S/c21-14-7-6-13(10-15(14)22)31-20-18(11-4-2-1-3-5-11)24-19-16(23-20)8-12(25(27)28)9-17(19)26(29)30/h1-10H. The summed E-state index contributed by atoms with van der Waals surface area (Å²) in [5, 5.41) is 24.0. The fraction of sp³-hybridized carbons (Fsp3) is 0. The van der Waals surface area contributed by atoms with Gasteiger partial charge in [-0.15, -0.1) is 0 Å². The lowest BCUT2D eigenvalue weighted by Gasteiger charge is -2.10. The summed E-state index contributed by atoms with van der Waals surface area (Å²) < 4.78 is 0. The highest BCUT2D eigenvalue weighted by Gasteiger charge is 2.24. The van der Waals surface area contributed by atoms with Gasteiger partial charge in [-0.05, 0) is 18.2 Å². The monoisotopic (exact) mass is 472 g/mol. The smallest absolute Gasteiger partial charge is 0.258 e. The minimum absolute atomic E-state index is 0.0343. The molecular weight excluding hydrogens is 463 g/mol. The van der Waals surface area contributed by atoms with E-state index in [2.05, 4.69) is 9.97 Å². The van der Waals surface area contributed by atoms with Gasteiger partial charge in [0.25, 0.3) is 5.69 Å². The molecule has 0 unspecified atom stereocenters. The predicted molar refractivity (Wildman–Crippen MR) is 119 cm³/mol. The van der Waals surface area contributed by atoms with Crippen molar-refractivity contribution in [1.82, 2.24) is 9.97 Å². The van der Waals surface area contributed by atoms with Crippen molar-refractivity contribution in [1.29, 1.82) is 0 Å². The van der Waals surface area contributed by atoms with Crippen LogP contribution in [0.15, 0.2) is 70.6 Å². The SMILES string of the molecule is O=[N+]([O-])c1cc([N+](=O)[O-])c2nc(-c3ccccc3)c(Sc3ccc(Cl)c(Cl)c3)nc2c1. The maximum Gasteiger partial charge on any atom is 0.303 e. The van der Waals surface area contributed by atoms with Gasteiger partial charge in [0.1, 0.15) is 16.2 Å². The summed E-state index contributed by atoms with van der Waals surface area (Å²) in [6.07, 6.45) is 0. The quantitative estimate of drug-likeness (QED) is 0.238. The van der Waals surface area contributed by atoms with E-state index in [4.69, 9.17) is 23.2 Å². The largest absolute Gasteiger partial charge is 0.303 e. The number of nitro groups is 2. The first kappa shape index (κ1) is 21.0. The summed E-state index contributed by atoms with van der Waals surface area (Å²) in [5.41, 5.74) is 0.177. The van der Waals surface area contributed by atoms with E-state index in [0.717, 1.165) is 6.07 Å². The van der Waals surface area contributed by atoms with Crippen LogP contribution in [-0.2, 0) is 0 Å². The Morgan fingerprint density at radius 2 is 1.58 bits per heavy atom. The summed E-state index contributed by atoms with van der Waals surface area (Å²) in [7, 11) is 0. The molecule has 31 heavy (non-hydrogen) atoms. The van der Waals surface area contributed by atoms with Gasteiger partial charge in [-0.25, -0.2) is 9.97 Å². The second kappa shape index (κ2) is 8.46. The van der Waals surface area contributed by atoms with E-state index < -0.39 is 21.2 Å². The van der Waals surface area contributed by atoms with Gasteiger partial charge in [0, 0.05) is 16.5 Å². The molecule has 0 aliphatic carbocycles. The highest BCUT2D eigenvalue weighted by Crippen LogP contribution is 2.39. The van der Waals surface area contributed by atoms with Crippen molar-refractivity contribution in [2.75, 3.05) is 0 Å². The first-order valence-electron chi connectivity index (χ1n) is 8.66. The molecule has 0 N–H and O–H groups in total. The molecule has 0 bridgehead atoms. The van der Waals surface area contributed by atoms with Crippen LogP contribution in [0.4, 0.5) is 11.4 Å². The van der Waals surface area contributed by atoms with E-state index in [1.165, 1.54) is 17.8 Å². The van der Waals surface area contributed by atoms with Crippen LogP contribution in [0, 0.1) is 20.2 Å². The minimum atomic E-state index is -0.704. The molecule has 0 atom stereocenters. The lowest BCUT2D eigenvalue weighted by atomic mass is 10.1. The van der Waals surface area contributed by atoms with Gasteiger partial charge in [0.05, 0.1) is 26.0 Å². The fourth-order valence-corrected chi connectivity index (χ4v) is 4.17. The summed E-state index contributed by atoms with van der Waals surface area (Å²) in [5.74, 6) is 0. The molecule has 4 aromatic rings. The first-order valence-corrected chi connectivity index (χ1v) is 10.2. The van der Waals surface area contributed by atoms with Gasteiger partial charge in [-0.1, -0.05) is 65.3 Å². The van der Waals surface area contributed by atoms with E-state index in [1.54, 1.807) is 42.5 Å². The van der Waals surface area contributed by atoms with E-state index in [1.807, 2.05) is 6.07 Å². The summed E-state index contributed by atoms with van der Waals surface area (Å²) in [6.45, 7) is 0. The number of aromatic nitrogens is 2. The Bertz CT molecular complexity index is 1350. The number of hydrogen-bond acceptors (Lipinski definition) is 7. The fourth-order valence-electron chi connectivity index (χ4n) is 2.86. The Labute approximate surface area is 189 Å². The van der Waals surface area contributed by atoms with Crippen molar-refractivity contribution in [2.45, 2.75) is 9.92 Å². The molecule has 0 fully saturated rings. The van der Waals surface area contributed by atoms with Gasteiger partial charge in [-0.2, -0.15) is 0 Å². The van der Waals surface area contributed by atoms with Crippen molar-refractivity contribution in [3.05, 3.63) is 90.9 Å². The van der Waals surface area contributed by atoms with Crippen LogP contribution in [0.5, 0.6) is 0 Å². The number of hydrogen-bond donors (Lipinski definition) is 0. The third-order valence-corrected chi connectivity index (χ3v) is 5.97. The average molecular weight is 473 g/mol. The number of nitro benzene ring substituents is 2. The van der Waals surface area contributed by atoms with Crippen LogP contribution in [0.3, 0.4) is 0 Å². The second-order valence-corrected chi connectivity index (χ2v) is 8.14. The third kappa shape index (κ3) is 4.29. The maximum absolute atomic E-state index is 11.6. The van der Waals surface area contributed by atoms with Crippen LogP contribution in [0.25, 0.3) is 22.3 Å². The Balaban J connectivity index is 1.98. The third-order valence-electron chi connectivity index (χ3n) is 4.26. The molecule has 0 radical (unpaired) electrons. The zero-order valence-corrected chi connectivity index (χ0v) is 17.7. The highest BCUT2D eigenvalue weighted by atomic mass is 35.5. The molecule has 1 aromatic heterocycles. The number of non-ortho nitro benzene ring substituents is 2. The summed E-state index contributed by atoms with van der Waals surface area (Å²) in [6, 6.07) is 16.1. The van der Waals surface area contributed by atoms with E-state index in [0.29, 0.717) is 31.2 Å². The summed E-state index contributed by atoms with van der Waals surface area (Å²) >= 11 is 13.3. The number of halogens is 2. The van der Waals surface area contributed by atoms with Crippen LogP contribution < -0.4 is 0 Å². The van der Waals surface area contributed by atoms with Gasteiger partial charge in [-0.3, -0.25) is 20.2 Å². The molecule has 4 rings (SSSR count). The van der Waals surface area contributed by atoms with Crippen molar-refractivity contribution in [2.24, 2.45) is 0 Å². The van der Waals surface area contributed by atoms with Crippen LogP contribution in [0.2, 0.25) is 10.0 Å². The van der Waals surface area contributed by atoms with Crippen molar-refractivity contribution >= 4 is 57.4 Å². The molecule has 1 heterocycles. The molecular formula is C20H10Cl2N4O4S. The molecule has 3 aromatic carbocycles. The molecule has 0 saturated carbocycles. The lowest BCUT2D eigenvalue weighted by molar-refractivity contribution is -0.393. The Kier molecular flexibility index (Phi) is 5.73. The second-order valence-electron chi connectivity index (χ2n) is 6.27. The Hall–Kier alpha value is -3.27. The van der Waals surface area contributed by atoms with Crippen molar-refractivity contribution in [3.63, 3.8) is 0 Å². The van der Waals surface area contributed by atoms with Gasteiger partial charge < -0.3 is 0 Å². The zero-order valence-electron chi connectivity index (χ0n) is 15.4. The lowest BCUT2D eigenvalue weighted by Crippen LogP contribution is -2.00. The molecule has 0 aliphatic heterocycles. The van der Waals surface area contributed by atoms with E-state index >= 15 is 0 Å². The molecule has 0 aliphatic rings. The zero-order chi connectivity index (χ0) is 22.1. The number of nitrogens with zero attached hydrogens (tertiary/aromatic N) is 4. The summed E-state index contributed by atoms with van der Waals surface area (Å²) in [4.78, 5) is 31.1. The molecule has 0 amide bonds. The van der Waals surface area contributed by atoms with Crippen LogP contribution in [0.1, 0.15) is 0 Å². The molecule has 8 nitrogen and oxygen atoms in total. The topological polar surface area (TPSA) is 112 Å². The minimum Gasteiger partial charge on any atom is -0.258 e. The van der Waals surface area contributed by atoms with Crippen LogP contribution in [-0.4, -0.2) is 19.8 Å². The Morgan fingerprint density at radius 1 is 0.839 bits per heavy atom. The Morgan fingerprint density at radius 3 is 2.23 bits per heavy atom. The van der Waals surface area contributed by atoms with Crippen LogP contribution >= 0.6 is 35.0 Å².